The van der Waals surface area contributed by atoms with Gasteiger partial charge in [0.1, 0.15) is 0 Å². The molecular weight excluding hydrogens is 172 g/mol. The minimum Gasteiger partial charge on any atom is -0.232 e. The van der Waals surface area contributed by atoms with Crippen molar-refractivity contribution in [2.45, 2.75) is 12.3 Å². The fourth-order valence-electron chi connectivity index (χ4n) is 0.811. The summed E-state index contributed by atoms with van der Waals surface area (Å²) in [5.41, 5.74) is -0.356. The van der Waals surface area contributed by atoms with Gasteiger partial charge in [-0.05, 0) is 5.56 Å². The van der Waals surface area contributed by atoms with Crippen LogP contribution in [0.1, 0.15) is 11.7 Å². The highest BCUT2D eigenvalue weighted by Gasteiger charge is 2.40. The Morgan fingerprint density at radius 2 is 1.50 bits per heavy atom. The van der Waals surface area contributed by atoms with Crippen LogP contribution in [-0.4, -0.2) is 6.18 Å². The summed E-state index contributed by atoms with van der Waals surface area (Å²) in [6.45, 7) is 0. The van der Waals surface area contributed by atoms with E-state index >= 15 is 0 Å². The van der Waals surface area contributed by atoms with Gasteiger partial charge in [0.25, 0.3) is 0 Å². The molecule has 0 N–H and O–H groups in total. The molecule has 0 aliphatic rings. The lowest BCUT2D eigenvalue weighted by Crippen LogP contribution is -2.16. The zero-order chi connectivity index (χ0) is 9.19. The lowest BCUT2D eigenvalue weighted by atomic mass is 10.1. The van der Waals surface area contributed by atoms with E-state index in [1.54, 1.807) is 0 Å². The minimum atomic E-state index is -4.80. The van der Waals surface area contributed by atoms with Gasteiger partial charge >= 0.3 is 6.18 Å². The summed E-state index contributed by atoms with van der Waals surface area (Å²) in [7, 11) is 0. The number of benzene rings is 1. The molecule has 0 amide bonds. The molecule has 0 radical (unpaired) electrons. The average molecular weight is 178 g/mol. The lowest BCUT2D eigenvalue weighted by Gasteiger charge is -2.11. The van der Waals surface area contributed by atoms with E-state index in [1.165, 1.54) is 18.2 Å². The molecular formula is C8H6F4. The van der Waals surface area contributed by atoms with Crippen molar-refractivity contribution in [2.24, 2.45) is 0 Å². The Kier molecular flexibility index (Phi) is 2.35. The van der Waals surface area contributed by atoms with E-state index in [-0.39, 0.29) is 5.56 Å². The quantitative estimate of drug-likeness (QED) is 0.579. The first-order chi connectivity index (χ1) is 5.52. The second-order valence-electron chi connectivity index (χ2n) is 2.31. The Morgan fingerprint density at radius 3 is 1.92 bits per heavy atom. The monoisotopic (exact) mass is 178 g/mol. The largest absolute Gasteiger partial charge is 0.423 e. The number of hydrogen-bond acceptors (Lipinski definition) is 0. The standard InChI is InChI=1S/C8H6F4/c9-7(8(10,11)12)6-4-2-1-3-5-6/h1-5,7H. The first kappa shape index (κ1) is 9.03. The molecule has 0 aliphatic heterocycles. The molecule has 0 spiro atoms. The average Bonchev–Trinajstić information content (AvgIpc) is 2.03. The molecule has 0 aromatic heterocycles. The van der Waals surface area contributed by atoms with E-state index in [0.29, 0.717) is 0 Å². The van der Waals surface area contributed by atoms with Crippen LogP contribution in [0.4, 0.5) is 17.6 Å². The summed E-state index contributed by atoms with van der Waals surface area (Å²) in [6.07, 6.45) is -7.68. The maximum absolute atomic E-state index is 12.5. The van der Waals surface area contributed by atoms with E-state index in [2.05, 4.69) is 0 Å². The molecule has 0 saturated heterocycles. The maximum atomic E-state index is 12.5. The molecule has 1 unspecified atom stereocenters. The molecule has 1 rings (SSSR count). The molecule has 12 heavy (non-hydrogen) atoms. The molecule has 1 atom stereocenters. The molecule has 0 heterocycles. The zero-order valence-corrected chi connectivity index (χ0v) is 5.98. The summed E-state index contributed by atoms with van der Waals surface area (Å²) in [5, 5.41) is 0. The van der Waals surface area contributed by atoms with Crippen molar-refractivity contribution in [1.29, 1.82) is 0 Å². The van der Waals surface area contributed by atoms with E-state index in [4.69, 9.17) is 0 Å². The Balaban J connectivity index is 2.86. The van der Waals surface area contributed by atoms with Gasteiger partial charge in [-0.15, -0.1) is 0 Å². The van der Waals surface area contributed by atoms with Gasteiger partial charge < -0.3 is 0 Å². The zero-order valence-electron chi connectivity index (χ0n) is 5.98. The van der Waals surface area contributed by atoms with E-state index in [1.807, 2.05) is 0 Å². The molecule has 0 nitrogen and oxygen atoms in total. The third kappa shape index (κ3) is 1.96. The second-order valence-corrected chi connectivity index (χ2v) is 2.31. The highest BCUT2D eigenvalue weighted by Crippen LogP contribution is 2.35. The normalized spacial score (nSPS) is 14.3. The Bertz CT molecular complexity index is 239. The van der Waals surface area contributed by atoms with Crippen molar-refractivity contribution in [3.63, 3.8) is 0 Å². The first-order valence-corrected chi connectivity index (χ1v) is 3.27. The molecule has 0 aliphatic carbocycles. The predicted octanol–water partition coefficient (Wildman–Crippen LogP) is 3.26. The van der Waals surface area contributed by atoms with Crippen molar-refractivity contribution >= 4 is 0 Å². The van der Waals surface area contributed by atoms with Crippen LogP contribution in [0, 0.1) is 0 Å². The van der Waals surface area contributed by atoms with Crippen LogP contribution in [-0.2, 0) is 0 Å². The van der Waals surface area contributed by atoms with E-state index in [0.717, 1.165) is 12.1 Å². The van der Waals surface area contributed by atoms with E-state index in [9.17, 15) is 17.6 Å². The maximum Gasteiger partial charge on any atom is 0.423 e. The Hall–Kier alpha value is -1.06. The number of hydrogen-bond donors (Lipinski definition) is 0. The second kappa shape index (κ2) is 3.13. The summed E-state index contributed by atoms with van der Waals surface area (Å²) in [6, 6.07) is 6.49. The van der Waals surface area contributed by atoms with Crippen LogP contribution in [0.5, 0.6) is 0 Å². The molecule has 0 bridgehead atoms. The number of rotatable bonds is 1. The molecule has 66 valence electrons. The van der Waals surface area contributed by atoms with Gasteiger partial charge in [-0.25, -0.2) is 4.39 Å². The molecule has 4 heteroatoms. The van der Waals surface area contributed by atoms with Gasteiger partial charge in [0.15, 0.2) is 0 Å². The highest BCUT2D eigenvalue weighted by molar-refractivity contribution is 5.18. The van der Waals surface area contributed by atoms with Crippen LogP contribution in [0.2, 0.25) is 0 Å². The third-order valence-electron chi connectivity index (χ3n) is 1.38. The summed E-state index contributed by atoms with van der Waals surface area (Å²) in [5.74, 6) is 0. The predicted molar refractivity (Wildman–Crippen MR) is 36.3 cm³/mol. The van der Waals surface area contributed by atoms with Crippen molar-refractivity contribution in [1.82, 2.24) is 0 Å². The topological polar surface area (TPSA) is 0 Å². The van der Waals surface area contributed by atoms with Crippen molar-refractivity contribution in [3.8, 4) is 0 Å². The van der Waals surface area contributed by atoms with Gasteiger partial charge in [-0.2, -0.15) is 13.2 Å². The van der Waals surface area contributed by atoms with Crippen molar-refractivity contribution in [3.05, 3.63) is 35.9 Å². The summed E-state index contributed by atoms with van der Waals surface area (Å²) in [4.78, 5) is 0. The summed E-state index contributed by atoms with van der Waals surface area (Å²) < 4.78 is 47.8. The van der Waals surface area contributed by atoms with E-state index < -0.39 is 12.3 Å². The summed E-state index contributed by atoms with van der Waals surface area (Å²) >= 11 is 0. The molecule has 0 fully saturated rings. The van der Waals surface area contributed by atoms with Gasteiger partial charge in [-0.1, -0.05) is 30.3 Å². The smallest absolute Gasteiger partial charge is 0.232 e. The Morgan fingerprint density at radius 1 is 1.00 bits per heavy atom. The van der Waals surface area contributed by atoms with Gasteiger partial charge in [0.05, 0.1) is 0 Å². The van der Waals surface area contributed by atoms with Crippen LogP contribution in [0.3, 0.4) is 0 Å². The van der Waals surface area contributed by atoms with Gasteiger partial charge in [-0.3, -0.25) is 0 Å². The molecule has 1 aromatic carbocycles. The molecule has 0 saturated carbocycles. The van der Waals surface area contributed by atoms with Gasteiger partial charge in [0.2, 0.25) is 6.17 Å². The fourth-order valence-corrected chi connectivity index (χ4v) is 0.811. The first-order valence-electron chi connectivity index (χ1n) is 3.27. The van der Waals surface area contributed by atoms with Gasteiger partial charge in [0, 0.05) is 0 Å². The van der Waals surface area contributed by atoms with Crippen molar-refractivity contribution in [2.75, 3.05) is 0 Å². The van der Waals surface area contributed by atoms with Crippen LogP contribution in [0.25, 0.3) is 0 Å². The molecule has 1 aromatic rings. The SMILES string of the molecule is FC(c1ccccc1)C(F)(F)F. The minimum absolute atomic E-state index is 0.356. The highest BCUT2D eigenvalue weighted by atomic mass is 19.4. The number of halogens is 4. The van der Waals surface area contributed by atoms with Crippen LogP contribution < -0.4 is 0 Å². The fraction of sp³-hybridized carbons (Fsp3) is 0.250. The lowest BCUT2D eigenvalue weighted by molar-refractivity contribution is -0.182. The number of alkyl halides is 4. The van der Waals surface area contributed by atoms with Crippen LogP contribution >= 0.6 is 0 Å². The third-order valence-corrected chi connectivity index (χ3v) is 1.38. The van der Waals surface area contributed by atoms with Crippen LogP contribution in [0.15, 0.2) is 30.3 Å². The van der Waals surface area contributed by atoms with Crippen molar-refractivity contribution < 1.29 is 17.6 Å². The Labute approximate surface area is 66.8 Å².